The molecule has 0 saturated heterocycles. The van der Waals surface area contributed by atoms with Gasteiger partial charge in [0.2, 0.25) is 5.82 Å². The summed E-state index contributed by atoms with van der Waals surface area (Å²) in [6.45, 7) is 3.09. The Kier molecular flexibility index (Phi) is 3.83. The van der Waals surface area contributed by atoms with E-state index in [1.54, 1.807) is 14.0 Å². The Morgan fingerprint density at radius 2 is 2.19 bits per heavy atom. The Labute approximate surface area is 94.2 Å². The van der Waals surface area contributed by atoms with Crippen LogP contribution in [0.25, 0.3) is 0 Å². The van der Waals surface area contributed by atoms with Crippen molar-refractivity contribution in [3.8, 4) is 0 Å². The van der Waals surface area contributed by atoms with E-state index in [0.29, 0.717) is 18.1 Å². The van der Waals surface area contributed by atoms with Gasteiger partial charge in [0.05, 0.1) is 4.92 Å². The van der Waals surface area contributed by atoms with Crippen LogP contribution in [-0.2, 0) is 7.05 Å². The second-order valence-corrected chi connectivity index (χ2v) is 3.89. The van der Waals surface area contributed by atoms with Gasteiger partial charge < -0.3 is 10.2 Å². The predicted octanol–water partition coefficient (Wildman–Crippen LogP) is 0.610. The Morgan fingerprint density at radius 3 is 2.69 bits per heavy atom. The van der Waals surface area contributed by atoms with Gasteiger partial charge in [-0.05, 0) is 21.0 Å². The molecule has 1 N–H and O–H groups in total. The molecule has 90 valence electrons. The molecule has 1 aromatic heterocycles. The minimum atomic E-state index is -0.402. The zero-order valence-corrected chi connectivity index (χ0v) is 10.0. The van der Waals surface area contributed by atoms with Crippen molar-refractivity contribution in [3.05, 3.63) is 15.8 Å². The first kappa shape index (κ1) is 12.4. The Bertz CT molecular complexity index is 385. The molecule has 0 atom stereocenters. The monoisotopic (exact) mass is 227 g/mol. The largest absolute Gasteiger partial charge is 0.363 e. The number of aryl methyl sites for hydroxylation is 2. The van der Waals surface area contributed by atoms with E-state index >= 15 is 0 Å². The van der Waals surface area contributed by atoms with Gasteiger partial charge in [0.25, 0.3) is 0 Å². The standard InChI is InChI=1S/C9H17N5O2/c1-7-8(14(15)16)9(13(4)11-7)10-5-6-12(2)3/h10H,5-6H2,1-4H3. The van der Waals surface area contributed by atoms with Gasteiger partial charge in [-0.3, -0.25) is 10.1 Å². The third-order valence-corrected chi connectivity index (χ3v) is 2.22. The van der Waals surface area contributed by atoms with E-state index in [-0.39, 0.29) is 5.69 Å². The van der Waals surface area contributed by atoms with E-state index in [1.165, 1.54) is 4.68 Å². The topological polar surface area (TPSA) is 76.2 Å². The fourth-order valence-electron chi connectivity index (χ4n) is 1.46. The summed E-state index contributed by atoms with van der Waals surface area (Å²) < 4.78 is 1.50. The quantitative estimate of drug-likeness (QED) is 0.589. The third kappa shape index (κ3) is 2.69. The van der Waals surface area contributed by atoms with Crippen molar-refractivity contribution >= 4 is 11.5 Å². The highest BCUT2D eigenvalue weighted by atomic mass is 16.6. The van der Waals surface area contributed by atoms with Gasteiger partial charge in [0, 0.05) is 20.1 Å². The molecule has 1 aromatic rings. The van der Waals surface area contributed by atoms with Crippen LogP contribution in [-0.4, -0.2) is 46.8 Å². The number of aromatic nitrogens is 2. The van der Waals surface area contributed by atoms with Gasteiger partial charge in [-0.25, -0.2) is 4.68 Å². The van der Waals surface area contributed by atoms with E-state index in [4.69, 9.17) is 0 Å². The molecule has 1 heterocycles. The Balaban J connectivity index is 2.82. The molecule has 0 spiro atoms. The molecule has 0 saturated carbocycles. The highest BCUT2D eigenvalue weighted by Crippen LogP contribution is 2.26. The summed E-state index contributed by atoms with van der Waals surface area (Å²) in [4.78, 5) is 12.5. The number of anilines is 1. The molecule has 0 aromatic carbocycles. The van der Waals surface area contributed by atoms with Crippen LogP contribution < -0.4 is 5.32 Å². The van der Waals surface area contributed by atoms with Crippen LogP contribution >= 0.6 is 0 Å². The zero-order valence-electron chi connectivity index (χ0n) is 10.0. The summed E-state index contributed by atoms with van der Waals surface area (Å²) in [6, 6.07) is 0. The number of nitrogens with zero attached hydrogens (tertiary/aromatic N) is 4. The lowest BCUT2D eigenvalue weighted by molar-refractivity contribution is -0.384. The highest BCUT2D eigenvalue weighted by molar-refractivity contribution is 5.59. The molecule has 1 rings (SSSR count). The first-order valence-corrected chi connectivity index (χ1v) is 5.00. The van der Waals surface area contributed by atoms with Gasteiger partial charge in [-0.15, -0.1) is 0 Å². The number of hydrogen-bond donors (Lipinski definition) is 1. The zero-order chi connectivity index (χ0) is 12.3. The van der Waals surface area contributed by atoms with Crippen molar-refractivity contribution in [1.29, 1.82) is 0 Å². The molecule has 0 aliphatic rings. The van der Waals surface area contributed by atoms with Crippen LogP contribution in [0.5, 0.6) is 0 Å². The van der Waals surface area contributed by atoms with Crippen molar-refractivity contribution in [2.75, 3.05) is 32.5 Å². The van der Waals surface area contributed by atoms with Crippen molar-refractivity contribution in [2.45, 2.75) is 6.92 Å². The second-order valence-electron chi connectivity index (χ2n) is 3.89. The number of nitrogens with one attached hydrogen (secondary N) is 1. The lowest BCUT2D eigenvalue weighted by Gasteiger charge is -2.10. The van der Waals surface area contributed by atoms with Crippen molar-refractivity contribution in [2.24, 2.45) is 7.05 Å². The van der Waals surface area contributed by atoms with Crippen LogP contribution in [0.1, 0.15) is 5.69 Å². The molecule has 7 heteroatoms. The molecule has 0 bridgehead atoms. The smallest absolute Gasteiger partial charge is 0.333 e. The van der Waals surface area contributed by atoms with Crippen LogP contribution in [0.3, 0.4) is 0 Å². The molecule has 0 amide bonds. The first-order chi connectivity index (χ1) is 7.43. The molecule has 0 fully saturated rings. The van der Waals surface area contributed by atoms with Crippen molar-refractivity contribution in [1.82, 2.24) is 14.7 Å². The van der Waals surface area contributed by atoms with Gasteiger partial charge in [0.1, 0.15) is 5.69 Å². The molecular formula is C9H17N5O2. The summed E-state index contributed by atoms with van der Waals surface area (Å²) in [7, 11) is 5.59. The summed E-state index contributed by atoms with van der Waals surface area (Å²) >= 11 is 0. The van der Waals surface area contributed by atoms with Crippen molar-refractivity contribution in [3.63, 3.8) is 0 Å². The van der Waals surface area contributed by atoms with Gasteiger partial charge in [0.15, 0.2) is 0 Å². The summed E-state index contributed by atoms with van der Waals surface area (Å²) in [6.07, 6.45) is 0. The maximum atomic E-state index is 10.9. The minimum absolute atomic E-state index is 0.0567. The normalized spacial score (nSPS) is 10.8. The summed E-state index contributed by atoms with van der Waals surface area (Å²) in [5, 5.41) is 17.9. The van der Waals surface area contributed by atoms with Gasteiger partial charge in [-0.2, -0.15) is 5.10 Å². The number of nitro groups is 1. The van der Waals surface area contributed by atoms with Crippen LogP contribution in [0.2, 0.25) is 0 Å². The number of likely N-dealkylation sites (N-methyl/N-ethyl adjacent to an activating group) is 1. The molecule has 7 nitrogen and oxygen atoms in total. The molecule has 0 aliphatic heterocycles. The van der Waals surface area contributed by atoms with E-state index in [0.717, 1.165) is 6.54 Å². The average Bonchev–Trinajstić information content (AvgIpc) is 2.40. The SMILES string of the molecule is Cc1nn(C)c(NCCN(C)C)c1[N+](=O)[O-]. The van der Waals surface area contributed by atoms with Crippen LogP contribution in [0.15, 0.2) is 0 Å². The summed E-state index contributed by atoms with van der Waals surface area (Å²) in [5.41, 5.74) is 0.487. The second kappa shape index (κ2) is 4.93. The summed E-state index contributed by atoms with van der Waals surface area (Å²) in [5.74, 6) is 0.462. The molecule has 0 aliphatic carbocycles. The molecule has 16 heavy (non-hydrogen) atoms. The molecule has 0 radical (unpaired) electrons. The third-order valence-electron chi connectivity index (χ3n) is 2.22. The van der Waals surface area contributed by atoms with E-state index < -0.39 is 4.92 Å². The van der Waals surface area contributed by atoms with Crippen molar-refractivity contribution < 1.29 is 4.92 Å². The Hall–Kier alpha value is -1.63. The lowest BCUT2D eigenvalue weighted by Crippen LogP contribution is -2.21. The van der Waals surface area contributed by atoms with Gasteiger partial charge >= 0.3 is 5.69 Å². The average molecular weight is 227 g/mol. The first-order valence-electron chi connectivity index (χ1n) is 5.00. The van der Waals surface area contributed by atoms with E-state index in [9.17, 15) is 10.1 Å². The van der Waals surface area contributed by atoms with Crippen LogP contribution in [0, 0.1) is 17.0 Å². The number of hydrogen-bond acceptors (Lipinski definition) is 5. The predicted molar refractivity (Wildman–Crippen MR) is 61.6 cm³/mol. The minimum Gasteiger partial charge on any atom is -0.363 e. The van der Waals surface area contributed by atoms with Gasteiger partial charge in [-0.1, -0.05) is 0 Å². The lowest BCUT2D eigenvalue weighted by atomic mass is 10.4. The fourth-order valence-corrected chi connectivity index (χ4v) is 1.46. The van der Waals surface area contributed by atoms with E-state index in [1.807, 2.05) is 19.0 Å². The highest BCUT2D eigenvalue weighted by Gasteiger charge is 2.23. The maximum Gasteiger partial charge on any atom is 0.333 e. The Morgan fingerprint density at radius 1 is 1.56 bits per heavy atom. The van der Waals surface area contributed by atoms with Crippen LogP contribution in [0.4, 0.5) is 11.5 Å². The molecule has 0 unspecified atom stereocenters. The van der Waals surface area contributed by atoms with E-state index in [2.05, 4.69) is 10.4 Å². The maximum absolute atomic E-state index is 10.9. The number of rotatable bonds is 5. The fraction of sp³-hybridized carbons (Fsp3) is 0.667. The molecular weight excluding hydrogens is 210 g/mol.